The highest BCUT2D eigenvalue weighted by molar-refractivity contribution is 9.10. The van der Waals surface area contributed by atoms with E-state index in [9.17, 15) is 4.39 Å². The summed E-state index contributed by atoms with van der Waals surface area (Å²) in [5.41, 5.74) is 6.03. The topological polar surface area (TPSA) is 48.1 Å². The first kappa shape index (κ1) is 12.3. The number of hydrogen-bond acceptors (Lipinski definition) is 3. The molecule has 0 aliphatic carbocycles. The molecular weight excluding hydrogens is 355 g/mol. The number of halogens is 3. The molecule has 0 saturated heterocycles. The molecule has 0 bridgehead atoms. The highest BCUT2D eigenvalue weighted by Gasteiger charge is 2.09. The summed E-state index contributed by atoms with van der Waals surface area (Å²) in [6.45, 7) is 0. The summed E-state index contributed by atoms with van der Waals surface area (Å²) in [7, 11) is 0. The van der Waals surface area contributed by atoms with Gasteiger partial charge in [-0.05, 0) is 40.2 Å². The summed E-state index contributed by atoms with van der Waals surface area (Å²) in [5, 5.41) is 0. The van der Waals surface area contributed by atoms with Gasteiger partial charge in [-0.1, -0.05) is 15.9 Å². The van der Waals surface area contributed by atoms with E-state index in [-0.39, 0.29) is 11.6 Å². The van der Waals surface area contributed by atoms with Gasteiger partial charge in [0.2, 0.25) is 5.88 Å². The average Bonchev–Trinajstić information content (AvgIpc) is 2.25. The SMILES string of the molecule is Nc1cc(Br)cnc1Oc1ccc(Br)cc1F. The zero-order valence-electron chi connectivity index (χ0n) is 8.45. The molecule has 2 aromatic rings. The minimum Gasteiger partial charge on any atom is -0.434 e. The molecule has 1 aromatic carbocycles. The maximum absolute atomic E-state index is 13.5. The van der Waals surface area contributed by atoms with Crippen molar-refractivity contribution in [2.24, 2.45) is 0 Å². The van der Waals surface area contributed by atoms with Gasteiger partial charge >= 0.3 is 0 Å². The van der Waals surface area contributed by atoms with Crippen molar-refractivity contribution in [2.75, 3.05) is 5.73 Å². The minimum absolute atomic E-state index is 0.0784. The van der Waals surface area contributed by atoms with Crippen molar-refractivity contribution in [3.63, 3.8) is 0 Å². The Morgan fingerprint density at radius 2 is 1.94 bits per heavy atom. The second-order valence-corrected chi connectivity index (χ2v) is 5.06. The number of pyridine rings is 1. The quantitative estimate of drug-likeness (QED) is 0.875. The van der Waals surface area contributed by atoms with Gasteiger partial charge in [0.05, 0.1) is 5.69 Å². The van der Waals surface area contributed by atoms with Crippen LogP contribution in [-0.2, 0) is 0 Å². The summed E-state index contributed by atoms with van der Waals surface area (Å²) >= 11 is 6.39. The molecule has 0 aliphatic heterocycles. The highest BCUT2D eigenvalue weighted by Crippen LogP contribution is 2.30. The van der Waals surface area contributed by atoms with E-state index in [4.69, 9.17) is 10.5 Å². The van der Waals surface area contributed by atoms with Gasteiger partial charge < -0.3 is 10.5 Å². The van der Waals surface area contributed by atoms with E-state index in [1.165, 1.54) is 18.3 Å². The van der Waals surface area contributed by atoms with Crippen molar-refractivity contribution >= 4 is 37.5 Å². The van der Waals surface area contributed by atoms with E-state index in [0.717, 1.165) is 4.47 Å². The van der Waals surface area contributed by atoms with Crippen LogP contribution in [-0.4, -0.2) is 4.98 Å². The molecule has 0 saturated carbocycles. The van der Waals surface area contributed by atoms with Gasteiger partial charge in [-0.25, -0.2) is 9.37 Å². The summed E-state index contributed by atoms with van der Waals surface area (Å²) < 4.78 is 20.2. The predicted octanol–water partition coefficient (Wildman–Crippen LogP) is 4.12. The first-order valence-corrected chi connectivity index (χ1v) is 6.19. The van der Waals surface area contributed by atoms with E-state index in [2.05, 4.69) is 36.8 Å². The van der Waals surface area contributed by atoms with Gasteiger partial charge in [0.1, 0.15) is 0 Å². The smallest absolute Gasteiger partial charge is 0.242 e. The largest absolute Gasteiger partial charge is 0.434 e. The fraction of sp³-hybridized carbons (Fsp3) is 0. The molecule has 1 aromatic heterocycles. The van der Waals surface area contributed by atoms with Gasteiger partial charge in [-0.15, -0.1) is 0 Å². The van der Waals surface area contributed by atoms with E-state index >= 15 is 0 Å². The van der Waals surface area contributed by atoms with Crippen molar-refractivity contribution in [1.82, 2.24) is 4.98 Å². The Morgan fingerprint density at radius 3 is 2.59 bits per heavy atom. The number of aromatic nitrogens is 1. The summed E-state index contributed by atoms with van der Waals surface area (Å²) in [6, 6.07) is 6.12. The molecule has 0 aliphatic rings. The van der Waals surface area contributed by atoms with Gasteiger partial charge in [-0.2, -0.15) is 0 Å². The van der Waals surface area contributed by atoms with Crippen molar-refractivity contribution in [3.05, 3.63) is 45.2 Å². The van der Waals surface area contributed by atoms with Crippen LogP contribution in [0, 0.1) is 5.82 Å². The molecule has 0 fully saturated rings. The normalized spacial score (nSPS) is 10.3. The van der Waals surface area contributed by atoms with E-state index in [0.29, 0.717) is 10.2 Å². The highest BCUT2D eigenvalue weighted by atomic mass is 79.9. The molecule has 0 radical (unpaired) electrons. The van der Waals surface area contributed by atoms with Crippen LogP contribution in [0.5, 0.6) is 11.6 Å². The third kappa shape index (κ3) is 2.95. The molecule has 0 amide bonds. The second-order valence-electron chi connectivity index (χ2n) is 3.22. The molecule has 1 heterocycles. The monoisotopic (exact) mass is 360 g/mol. The Hall–Kier alpha value is -1.14. The molecule has 2 rings (SSSR count). The number of hydrogen-bond donors (Lipinski definition) is 1. The second kappa shape index (κ2) is 5.01. The third-order valence-electron chi connectivity index (χ3n) is 1.95. The first-order valence-electron chi connectivity index (χ1n) is 4.60. The number of rotatable bonds is 2. The lowest BCUT2D eigenvalue weighted by molar-refractivity contribution is 0.429. The summed E-state index contributed by atoms with van der Waals surface area (Å²) in [6.07, 6.45) is 1.53. The molecule has 6 heteroatoms. The Labute approximate surface area is 114 Å². The van der Waals surface area contributed by atoms with Crippen LogP contribution in [0.3, 0.4) is 0 Å². The number of nitrogens with zero attached hydrogens (tertiary/aromatic N) is 1. The van der Waals surface area contributed by atoms with Gasteiger partial charge in [0, 0.05) is 15.1 Å². The predicted molar refractivity (Wildman–Crippen MR) is 70.5 cm³/mol. The number of ether oxygens (including phenoxy) is 1. The van der Waals surface area contributed by atoms with Crippen LogP contribution in [0.25, 0.3) is 0 Å². The molecule has 2 N–H and O–H groups in total. The Morgan fingerprint density at radius 1 is 1.18 bits per heavy atom. The standard InChI is InChI=1S/C11H7Br2FN2O/c12-6-1-2-10(8(14)3-6)17-11-9(15)4-7(13)5-16-11/h1-5H,15H2. The average molecular weight is 362 g/mol. The van der Waals surface area contributed by atoms with Gasteiger partial charge in [0.25, 0.3) is 0 Å². The Kier molecular flexibility index (Phi) is 3.63. The Balaban J connectivity index is 2.31. The molecule has 17 heavy (non-hydrogen) atoms. The van der Waals surface area contributed by atoms with Gasteiger partial charge in [0.15, 0.2) is 11.6 Å². The van der Waals surface area contributed by atoms with Crippen molar-refractivity contribution in [1.29, 1.82) is 0 Å². The number of nitrogen functional groups attached to an aromatic ring is 1. The van der Waals surface area contributed by atoms with E-state index < -0.39 is 5.82 Å². The van der Waals surface area contributed by atoms with Crippen molar-refractivity contribution < 1.29 is 9.13 Å². The molecule has 88 valence electrons. The molecule has 3 nitrogen and oxygen atoms in total. The maximum Gasteiger partial charge on any atom is 0.242 e. The fourth-order valence-electron chi connectivity index (χ4n) is 1.19. The zero-order chi connectivity index (χ0) is 12.4. The number of nitrogens with two attached hydrogens (primary N) is 1. The van der Waals surface area contributed by atoms with Crippen LogP contribution < -0.4 is 10.5 Å². The fourth-order valence-corrected chi connectivity index (χ4v) is 1.87. The lowest BCUT2D eigenvalue weighted by Crippen LogP contribution is -1.96. The first-order chi connectivity index (χ1) is 8.06. The summed E-state index contributed by atoms with van der Waals surface area (Å²) in [5.74, 6) is -0.229. The van der Waals surface area contributed by atoms with Crippen LogP contribution in [0.1, 0.15) is 0 Å². The lowest BCUT2D eigenvalue weighted by Gasteiger charge is -2.08. The molecule has 0 spiro atoms. The maximum atomic E-state index is 13.5. The van der Waals surface area contributed by atoms with Crippen molar-refractivity contribution in [2.45, 2.75) is 0 Å². The van der Waals surface area contributed by atoms with Crippen LogP contribution >= 0.6 is 31.9 Å². The molecule has 0 atom stereocenters. The third-order valence-corrected chi connectivity index (χ3v) is 2.87. The number of benzene rings is 1. The molecular formula is C11H7Br2FN2O. The van der Waals surface area contributed by atoms with E-state index in [1.807, 2.05) is 0 Å². The summed E-state index contributed by atoms with van der Waals surface area (Å²) in [4.78, 5) is 3.96. The molecule has 0 unspecified atom stereocenters. The number of anilines is 1. The zero-order valence-corrected chi connectivity index (χ0v) is 11.6. The van der Waals surface area contributed by atoms with Crippen LogP contribution in [0.4, 0.5) is 10.1 Å². The van der Waals surface area contributed by atoms with Crippen LogP contribution in [0.15, 0.2) is 39.4 Å². The van der Waals surface area contributed by atoms with Crippen LogP contribution in [0.2, 0.25) is 0 Å². The minimum atomic E-state index is -0.483. The van der Waals surface area contributed by atoms with Crippen molar-refractivity contribution in [3.8, 4) is 11.6 Å². The van der Waals surface area contributed by atoms with Gasteiger partial charge in [-0.3, -0.25) is 0 Å². The Bertz CT molecular complexity index is 514. The lowest BCUT2D eigenvalue weighted by atomic mass is 10.3. The van der Waals surface area contributed by atoms with E-state index in [1.54, 1.807) is 12.1 Å².